The lowest BCUT2D eigenvalue weighted by Crippen LogP contribution is -2.27. The van der Waals surface area contributed by atoms with Crippen LogP contribution in [0, 0.1) is 0 Å². The summed E-state index contributed by atoms with van der Waals surface area (Å²) in [4.78, 5) is 0.124. The van der Waals surface area contributed by atoms with Crippen molar-refractivity contribution in [3.8, 4) is 5.75 Å². The Morgan fingerprint density at radius 2 is 1.67 bits per heavy atom. The highest BCUT2D eigenvalue weighted by molar-refractivity contribution is 7.92. The van der Waals surface area contributed by atoms with Crippen molar-refractivity contribution in [2.24, 2.45) is 0 Å². The maximum Gasteiger partial charge on any atom is 0.262 e. The van der Waals surface area contributed by atoms with E-state index in [-0.39, 0.29) is 4.90 Å². The summed E-state index contributed by atoms with van der Waals surface area (Å²) in [7, 11) is -2.27. The summed E-state index contributed by atoms with van der Waals surface area (Å²) in [5.74, 6) is 0.441. The minimum Gasteiger partial charge on any atom is -0.495 e. The summed E-state index contributed by atoms with van der Waals surface area (Å²) in [5.41, 5.74) is 2.07. The molecule has 0 radical (unpaired) electrons. The molecule has 0 aliphatic carbocycles. The number of ether oxygens (including phenoxy) is 1. The molecule has 9 heteroatoms. The molecule has 156 valence electrons. The Balaban J connectivity index is 1.61. The average molecular weight is 462 g/mol. The van der Waals surface area contributed by atoms with E-state index in [2.05, 4.69) is 15.4 Å². The summed E-state index contributed by atoms with van der Waals surface area (Å²) in [5, 5.41) is 7.22. The van der Waals surface area contributed by atoms with Crippen LogP contribution in [-0.4, -0.2) is 20.6 Å². The van der Waals surface area contributed by atoms with E-state index < -0.39 is 10.0 Å². The molecule has 0 unspecified atom stereocenters. The van der Waals surface area contributed by atoms with E-state index in [1.54, 1.807) is 36.4 Å². The van der Waals surface area contributed by atoms with Gasteiger partial charge in [-0.15, -0.1) is 0 Å². The van der Waals surface area contributed by atoms with Gasteiger partial charge in [0.25, 0.3) is 10.0 Å². The molecule has 30 heavy (non-hydrogen) atoms. The topological polar surface area (TPSA) is 79.5 Å². The van der Waals surface area contributed by atoms with Gasteiger partial charge in [0.15, 0.2) is 5.11 Å². The largest absolute Gasteiger partial charge is 0.495 e. The molecule has 0 fully saturated rings. The number of sulfonamides is 1. The van der Waals surface area contributed by atoms with Gasteiger partial charge in [0.1, 0.15) is 5.75 Å². The van der Waals surface area contributed by atoms with Gasteiger partial charge in [-0.05, 0) is 66.3 Å². The van der Waals surface area contributed by atoms with Gasteiger partial charge in [-0.1, -0.05) is 35.9 Å². The Morgan fingerprint density at radius 1 is 1.00 bits per heavy atom. The summed E-state index contributed by atoms with van der Waals surface area (Å²) in [6.45, 7) is 0.540. The number of para-hydroxylation sites is 2. The smallest absolute Gasteiger partial charge is 0.262 e. The zero-order valence-corrected chi connectivity index (χ0v) is 18.4. The van der Waals surface area contributed by atoms with Crippen LogP contribution in [0.15, 0.2) is 77.7 Å². The Bertz CT molecular complexity index is 1120. The zero-order valence-electron chi connectivity index (χ0n) is 16.1. The standard InChI is InChI=1S/C21H20ClN3O3S2/c1-28-20-5-3-2-4-19(20)25-30(26,27)18-12-10-17(11-13-18)24-21(29)23-14-15-6-8-16(22)9-7-15/h2-13,25H,14H2,1H3,(H2,23,24,29). The molecule has 3 aromatic carbocycles. The summed E-state index contributed by atoms with van der Waals surface area (Å²) >= 11 is 11.2. The molecular formula is C21H20ClN3O3S2. The average Bonchev–Trinajstić information content (AvgIpc) is 2.74. The van der Waals surface area contributed by atoms with Gasteiger partial charge in [0.05, 0.1) is 17.7 Å². The molecule has 0 amide bonds. The van der Waals surface area contributed by atoms with Crippen LogP contribution < -0.4 is 20.1 Å². The van der Waals surface area contributed by atoms with Crippen molar-refractivity contribution in [1.82, 2.24) is 5.32 Å². The highest BCUT2D eigenvalue weighted by Crippen LogP contribution is 2.26. The molecule has 0 atom stereocenters. The second kappa shape index (κ2) is 9.80. The summed E-state index contributed by atoms with van der Waals surface area (Å²) < 4.78 is 33.0. The van der Waals surface area contributed by atoms with Gasteiger partial charge >= 0.3 is 0 Å². The highest BCUT2D eigenvalue weighted by atomic mass is 35.5. The number of hydrogen-bond donors (Lipinski definition) is 3. The fourth-order valence-electron chi connectivity index (χ4n) is 2.61. The number of rotatable bonds is 7. The van der Waals surface area contributed by atoms with E-state index >= 15 is 0 Å². The van der Waals surface area contributed by atoms with Crippen LogP contribution in [0.2, 0.25) is 5.02 Å². The van der Waals surface area contributed by atoms with E-state index in [1.807, 2.05) is 24.3 Å². The van der Waals surface area contributed by atoms with Gasteiger partial charge < -0.3 is 15.4 Å². The molecule has 0 aliphatic rings. The lowest BCUT2D eigenvalue weighted by molar-refractivity contribution is 0.417. The third kappa shape index (κ3) is 5.85. The second-order valence-corrected chi connectivity index (χ2v) is 8.79. The third-order valence-corrected chi connectivity index (χ3v) is 6.02. The fourth-order valence-corrected chi connectivity index (χ4v) is 4.00. The molecule has 0 saturated carbocycles. The maximum atomic E-state index is 12.7. The number of benzene rings is 3. The van der Waals surface area contributed by atoms with Crippen molar-refractivity contribution in [3.05, 3.63) is 83.4 Å². The first-order valence-corrected chi connectivity index (χ1v) is 11.2. The number of hydrogen-bond acceptors (Lipinski definition) is 4. The van der Waals surface area contributed by atoms with Crippen LogP contribution in [0.5, 0.6) is 5.75 Å². The normalized spacial score (nSPS) is 10.9. The summed E-state index contributed by atoms with van der Waals surface area (Å²) in [6, 6.07) is 20.6. The first-order valence-electron chi connectivity index (χ1n) is 8.92. The van der Waals surface area contributed by atoms with Crippen molar-refractivity contribution in [1.29, 1.82) is 0 Å². The van der Waals surface area contributed by atoms with Crippen LogP contribution in [0.4, 0.5) is 11.4 Å². The lowest BCUT2D eigenvalue weighted by atomic mass is 10.2. The Hall–Kier alpha value is -2.81. The van der Waals surface area contributed by atoms with E-state index in [9.17, 15) is 8.42 Å². The van der Waals surface area contributed by atoms with Crippen LogP contribution in [-0.2, 0) is 16.6 Å². The fraction of sp³-hybridized carbons (Fsp3) is 0.0952. The van der Waals surface area contributed by atoms with E-state index in [1.165, 1.54) is 19.2 Å². The maximum absolute atomic E-state index is 12.7. The molecule has 0 aromatic heterocycles. The van der Waals surface area contributed by atoms with Crippen LogP contribution in [0.3, 0.4) is 0 Å². The monoisotopic (exact) mass is 461 g/mol. The number of anilines is 2. The third-order valence-electron chi connectivity index (χ3n) is 4.14. The van der Waals surface area contributed by atoms with E-state index in [4.69, 9.17) is 28.6 Å². The van der Waals surface area contributed by atoms with E-state index in [0.717, 1.165) is 5.56 Å². The van der Waals surface area contributed by atoms with Gasteiger partial charge in [-0.25, -0.2) is 8.42 Å². The SMILES string of the molecule is COc1ccccc1NS(=O)(=O)c1ccc(NC(=S)NCc2ccc(Cl)cc2)cc1. The molecule has 3 N–H and O–H groups in total. The van der Waals surface area contributed by atoms with E-state index in [0.29, 0.717) is 33.8 Å². The molecule has 3 rings (SSSR count). The van der Waals surface area contributed by atoms with Crippen molar-refractivity contribution < 1.29 is 13.2 Å². The molecular weight excluding hydrogens is 442 g/mol. The van der Waals surface area contributed by atoms with Gasteiger partial charge in [-0.2, -0.15) is 0 Å². The quantitative estimate of drug-likeness (QED) is 0.445. The Kier molecular flexibility index (Phi) is 7.15. The Morgan fingerprint density at radius 3 is 2.33 bits per heavy atom. The lowest BCUT2D eigenvalue weighted by Gasteiger charge is -2.13. The van der Waals surface area contributed by atoms with Gasteiger partial charge in [-0.3, -0.25) is 4.72 Å². The van der Waals surface area contributed by atoms with Crippen LogP contribution in [0.1, 0.15) is 5.56 Å². The molecule has 3 aromatic rings. The zero-order chi connectivity index (χ0) is 21.6. The molecule has 0 spiro atoms. The first kappa shape index (κ1) is 21.9. The first-order chi connectivity index (χ1) is 14.4. The molecule has 0 heterocycles. The number of halogens is 1. The van der Waals surface area contributed by atoms with Crippen molar-refractivity contribution >= 4 is 50.3 Å². The minimum atomic E-state index is -3.76. The predicted molar refractivity (Wildman–Crippen MR) is 125 cm³/mol. The van der Waals surface area contributed by atoms with Crippen molar-refractivity contribution in [2.45, 2.75) is 11.4 Å². The predicted octanol–water partition coefficient (Wildman–Crippen LogP) is 4.64. The number of methoxy groups -OCH3 is 1. The second-order valence-electron chi connectivity index (χ2n) is 6.26. The van der Waals surface area contributed by atoms with Crippen molar-refractivity contribution in [3.63, 3.8) is 0 Å². The van der Waals surface area contributed by atoms with Crippen LogP contribution >= 0.6 is 23.8 Å². The molecule has 0 saturated heterocycles. The van der Waals surface area contributed by atoms with Crippen molar-refractivity contribution in [2.75, 3.05) is 17.1 Å². The Labute approximate surface area is 186 Å². The van der Waals surface area contributed by atoms with Crippen LogP contribution in [0.25, 0.3) is 0 Å². The highest BCUT2D eigenvalue weighted by Gasteiger charge is 2.16. The molecule has 0 bridgehead atoms. The van der Waals surface area contributed by atoms with Gasteiger partial charge in [0.2, 0.25) is 0 Å². The number of nitrogens with one attached hydrogen (secondary N) is 3. The number of thiocarbonyl (C=S) groups is 1. The molecule has 0 aliphatic heterocycles. The molecule has 6 nitrogen and oxygen atoms in total. The van der Waals surface area contributed by atoms with Gasteiger partial charge in [0, 0.05) is 17.3 Å². The minimum absolute atomic E-state index is 0.124. The summed E-state index contributed by atoms with van der Waals surface area (Å²) in [6.07, 6.45) is 0.